The van der Waals surface area contributed by atoms with Crippen molar-refractivity contribution in [3.05, 3.63) is 71.0 Å². The van der Waals surface area contributed by atoms with Gasteiger partial charge in [-0.25, -0.2) is 13.2 Å². The van der Waals surface area contributed by atoms with Crippen LogP contribution in [-0.4, -0.2) is 0 Å². The van der Waals surface area contributed by atoms with E-state index in [0.29, 0.717) is 17.5 Å². The average Bonchev–Trinajstić information content (AvgIpc) is 2.32. The minimum atomic E-state index is -0.937. The number of halogens is 3. The highest BCUT2D eigenvalue weighted by atomic mass is 19.2. The summed E-state index contributed by atoms with van der Waals surface area (Å²) in [7, 11) is 0. The molecule has 2 aromatic carbocycles. The molecule has 2 aromatic rings. The van der Waals surface area contributed by atoms with Crippen molar-refractivity contribution in [3.63, 3.8) is 0 Å². The summed E-state index contributed by atoms with van der Waals surface area (Å²) in [6.07, 6.45) is 0.329. The van der Waals surface area contributed by atoms with Crippen LogP contribution in [0.25, 0.3) is 0 Å². The fourth-order valence-corrected chi connectivity index (χ4v) is 2.02. The Labute approximate surface area is 109 Å². The third kappa shape index (κ3) is 3.15. The number of rotatable bonds is 3. The van der Waals surface area contributed by atoms with Crippen LogP contribution in [0.3, 0.4) is 0 Å². The zero-order chi connectivity index (χ0) is 14.0. The van der Waals surface area contributed by atoms with Crippen molar-refractivity contribution in [1.82, 2.24) is 0 Å². The van der Waals surface area contributed by atoms with Gasteiger partial charge >= 0.3 is 0 Å². The van der Waals surface area contributed by atoms with Crippen LogP contribution < -0.4 is 5.73 Å². The predicted octanol–water partition coefficient (Wildman–Crippen LogP) is 3.52. The molecule has 2 N–H and O–H groups in total. The predicted molar refractivity (Wildman–Crippen MR) is 68.0 cm³/mol. The Morgan fingerprint density at radius 1 is 1.00 bits per heavy atom. The Balaban J connectivity index is 2.29. The van der Waals surface area contributed by atoms with Crippen LogP contribution in [0.1, 0.15) is 18.1 Å². The maximum Gasteiger partial charge on any atom is 0.159 e. The van der Waals surface area contributed by atoms with Crippen molar-refractivity contribution in [2.24, 2.45) is 5.73 Å². The standard InChI is InChI=1S/C15H14F3N/c1-15(19,9-10-3-2-4-12(16)7-10)11-5-6-13(17)14(18)8-11/h2-8H,9,19H2,1H3. The van der Waals surface area contributed by atoms with Gasteiger partial charge in [0.15, 0.2) is 11.6 Å². The smallest absolute Gasteiger partial charge is 0.159 e. The monoisotopic (exact) mass is 265 g/mol. The van der Waals surface area contributed by atoms with Gasteiger partial charge in [0.05, 0.1) is 0 Å². The molecule has 19 heavy (non-hydrogen) atoms. The van der Waals surface area contributed by atoms with Gasteiger partial charge in [0.25, 0.3) is 0 Å². The van der Waals surface area contributed by atoms with Gasteiger partial charge in [-0.3, -0.25) is 0 Å². The summed E-state index contributed by atoms with van der Waals surface area (Å²) in [5.74, 6) is -2.20. The highest BCUT2D eigenvalue weighted by Gasteiger charge is 2.23. The van der Waals surface area contributed by atoms with E-state index in [0.717, 1.165) is 12.1 Å². The first-order chi connectivity index (χ1) is 8.88. The summed E-state index contributed by atoms with van der Waals surface area (Å²) in [5.41, 5.74) is 6.40. The van der Waals surface area contributed by atoms with E-state index in [1.807, 2.05) is 0 Å². The fourth-order valence-electron chi connectivity index (χ4n) is 2.02. The lowest BCUT2D eigenvalue weighted by molar-refractivity contribution is 0.470. The molecule has 2 rings (SSSR count). The van der Waals surface area contributed by atoms with Crippen LogP contribution in [0.5, 0.6) is 0 Å². The van der Waals surface area contributed by atoms with Crippen molar-refractivity contribution in [1.29, 1.82) is 0 Å². The number of nitrogens with two attached hydrogens (primary N) is 1. The first kappa shape index (κ1) is 13.6. The third-order valence-electron chi connectivity index (χ3n) is 3.04. The Morgan fingerprint density at radius 3 is 2.37 bits per heavy atom. The summed E-state index contributed by atoms with van der Waals surface area (Å²) in [6, 6.07) is 9.62. The largest absolute Gasteiger partial charge is 0.321 e. The molecule has 4 heteroatoms. The summed E-state index contributed by atoms with van der Waals surface area (Å²) in [6.45, 7) is 1.70. The topological polar surface area (TPSA) is 26.0 Å². The summed E-state index contributed by atoms with van der Waals surface area (Å²) < 4.78 is 39.2. The van der Waals surface area contributed by atoms with Crippen LogP contribution in [0.4, 0.5) is 13.2 Å². The minimum absolute atomic E-state index is 0.329. The molecule has 0 saturated heterocycles. The van der Waals surface area contributed by atoms with Crippen molar-refractivity contribution >= 4 is 0 Å². The molecule has 1 nitrogen and oxygen atoms in total. The third-order valence-corrected chi connectivity index (χ3v) is 3.04. The Hall–Kier alpha value is -1.81. The molecule has 1 unspecified atom stereocenters. The Morgan fingerprint density at radius 2 is 1.74 bits per heavy atom. The fraction of sp³-hybridized carbons (Fsp3) is 0.200. The van der Waals surface area contributed by atoms with Crippen molar-refractivity contribution < 1.29 is 13.2 Å². The zero-order valence-corrected chi connectivity index (χ0v) is 10.5. The van der Waals surface area contributed by atoms with Gasteiger partial charge in [0.2, 0.25) is 0 Å². The average molecular weight is 265 g/mol. The van der Waals surface area contributed by atoms with Gasteiger partial charge in [-0.15, -0.1) is 0 Å². The molecular weight excluding hydrogens is 251 g/mol. The van der Waals surface area contributed by atoms with E-state index < -0.39 is 17.2 Å². The van der Waals surface area contributed by atoms with Gasteiger partial charge in [0, 0.05) is 5.54 Å². The Kier molecular flexibility index (Phi) is 3.62. The first-order valence-electron chi connectivity index (χ1n) is 5.87. The molecule has 0 radical (unpaired) electrons. The van der Waals surface area contributed by atoms with Gasteiger partial charge in [-0.1, -0.05) is 18.2 Å². The van der Waals surface area contributed by atoms with Crippen LogP contribution in [0, 0.1) is 17.5 Å². The lowest BCUT2D eigenvalue weighted by Gasteiger charge is -2.25. The molecule has 0 fully saturated rings. The van der Waals surface area contributed by atoms with Gasteiger partial charge in [-0.05, 0) is 48.7 Å². The van der Waals surface area contributed by atoms with Crippen LogP contribution in [-0.2, 0) is 12.0 Å². The van der Waals surface area contributed by atoms with E-state index in [9.17, 15) is 13.2 Å². The van der Waals surface area contributed by atoms with Crippen LogP contribution >= 0.6 is 0 Å². The second-order valence-electron chi connectivity index (χ2n) is 4.85. The lowest BCUT2D eigenvalue weighted by atomic mass is 9.86. The molecule has 100 valence electrons. The van der Waals surface area contributed by atoms with E-state index in [-0.39, 0.29) is 5.82 Å². The Bertz CT molecular complexity index is 594. The molecule has 0 saturated carbocycles. The zero-order valence-electron chi connectivity index (χ0n) is 10.5. The SMILES string of the molecule is CC(N)(Cc1cccc(F)c1)c1ccc(F)c(F)c1. The lowest BCUT2D eigenvalue weighted by Crippen LogP contribution is -2.35. The molecule has 0 amide bonds. The van der Waals surface area contributed by atoms with Crippen molar-refractivity contribution in [2.75, 3.05) is 0 Å². The second kappa shape index (κ2) is 5.05. The second-order valence-corrected chi connectivity index (χ2v) is 4.85. The molecule has 0 aliphatic carbocycles. The van der Waals surface area contributed by atoms with E-state index >= 15 is 0 Å². The molecule has 1 atom stereocenters. The van der Waals surface area contributed by atoms with Gasteiger partial charge < -0.3 is 5.73 Å². The normalized spacial score (nSPS) is 14.2. The minimum Gasteiger partial charge on any atom is -0.321 e. The van der Waals surface area contributed by atoms with Crippen molar-refractivity contribution in [3.8, 4) is 0 Å². The van der Waals surface area contributed by atoms with Crippen LogP contribution in [0.2, 0.25) is 0 Å². The molecule has 0 aromatic heterocycles. The van der Waals surface area contributed by atoms with Crippen molar-refractivity contribution in [2.45, 2.75) is 18.9 Å². The molecule has 0 heterocycles. The molecule has 0 spiro atoms. The first-order valence-corrected chi connectivity index (χ1v) is 5.87. The van der Waals surface area contributed by atoms with Gasteiger partial charge in [0.1, 0.15) is 5.82 Å². The molecular formula is C15H14F3N. The van der Waals surface area contributed by atoms with E-state index in [2.05, 4.69) is 0 Å². The molecule has 0 aliphatic rings. The number of benzene rings is 2. The molecule has 0 aliphatic heterocycles. The van der Waals surface area contributed by atoms with Crippen LogP contribution in [0.15, 0.2) is 42.5 Å². The summed E-state index contributed by atoms with van der Waals surface area (Å²) in [5, 5.41) is 0. The van der Waals surface area contributed by atoms with E-state index in [4.69, 9.17) is 5.73 Å². The highest BCUT2D eigenvalue weighted by molar-refractivity contribution is 5.28. The van der Waals surface area contributed by atoms with Gasteiger partial charge in [-0.2, -0.15) is 0 Å². The quantitative estimate of drug-likeness (QED) is 0.902. The maximum atomic E-state index is 13.2. The number of hydrogen-bond acceptors (Lipinski definition) is 1. The van der Waals surface area contributed by atoms with E-state index in [1.54, 1.807) is 19.1 Å². The molecule has 0 bridgehead atoms. The summed E-state index contributed by atoms with van der Waals surface area (Å²) >= 11 is 0. The highest BCUT2D eigenvalue weighted by Crippen LogP contribution is 2.24. The van der Waals surface area contributed by atoms with E-state index in [1.165, 1.54) is 18.2 Å². The summed E-state index contributed by atoms with van der Waals surface area (Å²) in [4.78, 5) is 0. The maximum absolute atomic E-state index is 13.2. The number of hydrogen-bond donors (Lipinski definition) is 1.